The SMILES string of the molecule is CCCC/C=C/CCCCCCCC(=O)OC[C@H](COP(=O)(O)OC[C@H](N)C(=O)O)OC(=O)CCCCCCC/C=C/CCCCCCCC. The molecule has 0 aromatic heterocycles. The van der Waals surface area contributed by atoms with Crippen LogP contribution in [0.4, 0.5) is 0 Å². The molecule has 0 radical (unpaired) electrons. The highest BCUT2D eigenvalue weighted by atomic mass is 31.2. The van der Waals surface area contributed by atoms with E-state index in [2.05, 4.69) is 42.7 Å². The Balaban J connectivity index is 4.45. The van der Waals surface area contributed by atoms with Crippen molar-refractivity contribution in [3.63, 3.8) is 0 Å². The number of unbranched alkanes of at least 4 members (excludes halogenated alkanes) is 18. The van der Waals surface area contributed by atoms with Crippen molar-refractivity contribution in [2.45, 2.75) is 180 Å². The number of phosphoric acid groups is 1. The normalized spacial score (nSPS) is 14.2. The van der Waals surface area contributed by atoms with Crippen molar-refractivity contribution in [1.29, 1.82) is 0 Å². The average Bonchev–Trinajstić information content (AvgIpc) is 3.09. The molecule has 0 saturated heterocycles. The van der Waals surface area contributed by atoms with Gasteiger partial charge >= 0.3 is 25.7 Å². The molecule has 0 saturated carbocycles. The van der Waals surface area contributed by atoms with Crippen LogP contribution in [0.15, 0.2) is 24.3 Å². The molecular formula is C38H70NO10P. The minimum absolute atomic E-state index is 0.151. The van der Waals surface area contributed by atoms with Crippen molar-refractivity contribution in [2.75, 3.05) is 19.8 Å². The zero-order chi connectivity index (χ0) is 37.1. The number of esters is 2. The van der Waals surface area contributed by atoms with Crippen LogP contribution in [0.25, 0.3) is 0 Å². The van der Waals surface area contributed by atoms with Crippen LogP contribution in [0, 0.1) is 0 Å². The first-order valence-electron chi connectivity index (χ1n) is 19.4. The Bertz CT molecular complexity index is 958. The van der Waals surface area contributed by atoms with E-state index in [9.17, 15) is 23.8 Å². The smallest absolute Gasteiger partial charge is 0.472 e. The van der Waals surface area contributed by atoms with E-state index in [1.807, 2.05) is 0 Å². The summed E-state index contributed by atoms with van der Waals surface area (Å²) in [5, 5.41) is 8.85. The van der Waals surface area contributed by atoms with Gasteiger partial charge in [-0.15, -0.1) is 0 Å². The van der Waals surface area contributed by atoms with Gasteiger partial charge in [-0.25, -0.2) is 4.57 Å². The maximum atomic E-state index is 12.6. The highest BCUT2D eigenvalue weighted by molar-refractivity contribution is 7.47. The first-order valence-corrected chi connectivity index (χ1v) is 20.9. The highest BCUT2D eigenvalue weighted by Crippen LogP contribution is 2.43. The van der Waals surface area contributed by atoms with Crippen molar-refractivity contribution in [3.05, 3.63) is 24.3 Å². The van der Waals surface area contributed by atoms with Gasteiger partial charge in [0, 0.05) is 12.8 Å². The van der Waals surface area contributed by atoms with Crippen LogP contribution < -0.4 is 5.73 Å². The standard InChI is InChI=1S/C38H70NO10P/c1-3-5-7-9-11-13-15-16-17-18-20-22-24-26-28-30-37(41)49-34(32-47-50(44,45)48-33-35(39)38(42)43)31-46-36(40)29-27-25-23-21-19-14-12-10-8-6-4-2/h10,12,16-17,34-35H,3-9,11,13-15,18-33,39H2,1-2H3,(H,42,43)(H,44,45)/b12-10+,17-16+/t34-,35+/m1/s1. The van der Waals surface area contributed by atoms with Crippen LogP contribution in [0.5, 0.6) is 0 Å². The van der Waals surface area contributed by atoms with Crippen molar-refractivity contribution in [1.82, 2.24) is 0 Å². The third kappa shape index (κ3) is 33.1. The summed E-state index contributed by atoms with van der Waals surface area (Å²) in [6, 6.07) is -1.52. The number of carbonyl (C=O) groups excluding carboxylic acids is 2. The molecule has 0 fully saturated rings. The number of phosphoric ester groups is 1. The van der Waals surface area contributed by atoms with Crippen LogP contribution in [-0.2, 0) is 37.5 Å². The summed E-state index contributed by atoms with van der Waals surface area (Å²) in [5.41, 5.74) is 5.31. The Morgan fingerprint density at radius 3 is 1.52 bits per heavy atom. The summed E-state index contributed by atoms with van der Waals surface area (Å²) in [5.74, 6) is -2.40. The summed E-state index contributed by atoms with van der Waals surface area (Å²) in [6.45, 7) is 2.72. The van der Waals surface area contributed by atoms with E-state index < -0.39 is 51.1 Å². The Morgan fingerprint density at radius 1 is 0.600 bits per heavy atom. The lowest BCUT2D eigenvalue weighted by atomic mass is 10.1. The Morgan fingerprint density at radius 2 is 1.02 bits per heavy atom. The van der Waals surface area contributed by atoms with E-state index in [0.717, 1.165) is 77.0 Å². The second-order valence-electron chi connectivity index (χ2n) is 13.1. The van der Waals surface area contributed by atoms with Crippen LogP contribution >= 0.6 is 7.82 Å². The fourth-order valence-corrected chi connectivity index (χ4v) is 5.82. The quantitative estimate of drug-likeness (QED) is 0.0242. The number of carbonyl (C=O) groups is 3. The Kier molecular flexibility index (Phi) is 32.7. The maximum absolute atomic E-state index is 12.6. The van der Waals surface area contributed by atoms with Gasteiger partial charge in [0.1, 0.15) is 12.6 Å². The summed E-state index contributed by atoms with van der Waals surface area (Å²) in [7, 11) is -4.71. The highest BCUT2D eigenvalue weighted by Gasteiger charge is 2.28. The van der Waals surface area contributed by atoms with Crippen LogP contribution in [-0.4, -0.2) is 59.9 Å². The molecule has 0 aromatic rings. The van der Waals surface area contributed by atoms with Gasteiger partial charge in [-0.05, 0) is 57.8 Å². The number of allylic oxidation sites excluding steroid dienone is 4. The molecule has 0 rings (SSSR count). The van der Waals surface area contributed by atoms with Gasteiger partial charge in [-0.1, -0.05) is 122 Å². The number of nitrogens with two attached hydrogens (primary N) is 1. The van der Waals surface area contributed by atoms with Gasteiger partial charge in [0.2, 0.25) is 0 Å². The van der Waals surface area contributed by atoms with Gasteiger partial charge in [-0.2, -0.15) is 0 Å². The molecular weight excluding hydrogens is 661 g/mol. The molecule has 292 valence electrons. The molecule has 0 aliphatic heterocycles. The Labute approximate surface area is 302 Å². The van der Waals surface area contributed by atoms with E-state index in [-0.39, 0.29) is 19.4 Å². The molecule has 0 bridgehead atoms. The van der Waals surface area contributed by atoms with Crippen molar-refractivity contribution in [2.24, 2.45) is 5.73 Å². The summed E-state index contributed by atoms with van der Waals surface area (Å²) < 4.78 is 32.5. The molecule has 50 heavy (non-hydrogen) atoms. The third-order valence-electron chi connectivity index (χ3n) is 8.17. The van der Waals surface area contributed by atoms with Crippen molar-refractivity contribution in [3.8, 4) is 0 Å². The van der Waals surface area contributed by atoms with Crippen LogP contribution in [0.2, 0.25) is 0 Å². The Hall–Kier alpha value is -2.04. The number of carboxylic acids is 1. The fourth-order valence-electron chi connectivity index (χ4n) is 5.04. The van der Waals surface area contributed by atoms with E-state index in [0.29, 0.717) is 12.8 Å². The zero-order valence-electron chi connectivity index (χ0n) is 31.2. The summed E-state index contributed by atoms with van der Waals surface area (Å²) in [6.07, 6.45) is 32.5. The average molecular weight is 732 g/mol. The molecule has 0 aliphatic rings. The van der Waals surface area contributed by atoms with Gasteiger partial charge in [0.05, 0.1) is 13.2 Å². The lowest BCUT2D eigenvalue weighted by Crippen LogP contribution is -2.34. The summed E-state index contributed by atoms with van der Waals surface area (Å²) in [4.78, 5) is 45.7. The van der Waals surface area contributed by atoms with E-state index in [1.54, 1.807) is 0 Å². The van der Waals surface area contributed by atoms with Crippen molar-refractivity contribution >= 4 is 25.7 Å². The third-order valence-corrected chi connectivity index (χ3v) is 9.12. The molecule has 0 spiro atoms. The first kappa shape index (κ1) is 48.0. The molecule has 4 N–H and O–H groups in total. The minimum atomic E-state index is -4.71. The molecule has 0 aromatic carbocycles. The number of hydrogen-bond donors (Lipinski definition) is 3. The lowest BCUT2D eigenvalue weighted by molar-refractivity contribution is -0.161. The number of rotatable bonds is 36. The van der Waals surface area contributed by atoms with E-state index in [1.165, 1.54) is 51.4 Å². The summed E-state index contributed by atoms with van der Waals surface area (Å²) >= 11 is 0. The zero-order valence-corrected chi connectivity index (χ0v) is 32.1. The number of hydrogen-bond acceptors (Lipinski definition) is 9. The molecule has 11 nitrogen and oxygen atoms in total. The molecule has 3 atom stereocenters. The van der Waals surface area contributed by atoms with Gasteiger partial charge in [0.15, 0.2) is 6.10 Å². The number of carboxylic acid groups (broad SMARTS) is 1. The molecule has 12 heteroatoms. The monoisotopic (exact) mass is 731 g/mol. The second-order valence-corrected chi connectivity index (χ2v) is 14.5. The minimum Gasteiger partial charge on any atom is -0.480 e. The molecule has 1 unspecified atom stereocenters. The van der Waals surface area contributed by atoms with Crippen LogP contribution in [0.3, 0.4) is 0 Å². The predicted octanol–water partition coefficient (Wildman–Crippen LogP) is 9.50. The molecule has 0 amide bonds. The molecule has 0 heterocycles. The fraction of sp³-hybridized carbons (Fsp3) is 0.816. The first-order chi connectivity index (χ1) is 24.1. The van der Waals surface area contributed by atoms with Crippen LogP contribution in [0.1, 0.15) is 168 Å². The predicted molar refractivity (Wildman–Crippen MR) is 199 cm³/mol. The van der Waals surface area contributed by atoms with Crippen molar-refractivity contribution < 1.29 is 47.5 Å². The van der Waals surface area contributed by atoms with E-state index in [4.69, 9.17) is 24.8 Å². The van der Waals surface area contributed by atoms with E-state index >= 15 is 0 Å². The number of aliphatic carboxylic acids is 1. The topological polar surface area (TPSA) is 172 Å². The largest absolute Gasteiger partial charge is 0.480 e. The molecule has 0 aliphatic carbocycles. The number of ether oxygens (including phenoxy) is 2. The van der Waals surface area contributed by atoms with Gasteiger partial charge in [-0.3, -0.25) is 23.4 Å². The van der Waals surface area contributed by atoms with Gasteiger partial charge < -0.3 is 25.2 Å². The lowest BCUT2D eigenvalue weighted by Gasteiger charge is -2.20. The maximum Gasteiger partial charge on any atom is 0.472 e. The second kappa shape index (κ2) is 34.1. The van der Waals surface area contributed by atoms with Gasteiger partial charge in [0.25, 0.3) is 0 Å².